The van der Waals surface area contributed by atoms with Crippen molar-refractivity contribution in [3.05, 3.63) is 23.4 Å². The summed E-state index contributed by atoms with van der Waals surface area (Å²) in [5.41, 5.74) is 9.37. The van der Waals surface area contributed by atoms with Crippen LogP contribution in [-0.4, -0.2) is 19.6 Å². The summed E-state index contributed by atoms with van der Waals surface area (Å²) < 4.78 is 0. The Balaban J connectivity index is 1.94. The molecule has 3 rings (SSSR count). The van der Waals surface area contributed by atoms with E-state index in [1.807, 2.05) is 0 Å². The van der Waals surface area contributed by atoms with E-state index in [2.05, 4.69) is 28.3 Å². The maximum absolute atomic E-state index is 3.42. The van der Waals surface area contributed by atoms with Crippen LogP contribution in [0.25, 0.3) is 0 Å². The van der Waals surface area contributed by atoms with Gasteiger partial charge in [0, 0.05) is 31.2 Å². The molecule has 0 aromatic rings. The fourth-order valence-electron chi connectivity index (χ4n) is 2.50. The molecule has 0 aromatic heterocycles. The van der Waals surface area contributed by atoms with Gasteiger partial charge in [0.15, 0.2) is 0 Å². The van der Waals surface area contributed by atoms with Crippen LogP contribution in [0.2, 0.25) is 0 Å². The van der Waals surface area contributed by atoms with Crippen molar-refractivity contribution >= 4 is 0 Å². The Bertz CT molecular complexity index is 280. The van der Waals surface area contributed by atoms with Gasteiger partial charge in [-0.15, -0.1) is 0 Å². The third kappa shape index (κ3) is 1.19. The zero-order valence-corrected chi connectivity index (χ0v) is 7.64. The molecule has 0 aromatic carbocycles. The van der Waals surface area contributed by atoms with Gasteiger partial charge in [-0.25, -0.2) is 5.43 Å². The van der Waals surface area contributed by atoms with Crippen LogP contribution in [0.5, 0.6) is 0 Å². The van der Waals surface area contributed by atoms with Crippen molar-refractivity contribution in [2.45, 2.75) is 6.42 Å². The molecular weight excluding hydrogens is 162 g/mol. The average Bonchev–Trinajstić information content (AvgIpc) is 2.61. The normalized spacial score (nSPS) is 36.9. The largest absolute Gasteiger partial charge is 0.325 e. The Morgan fingerprint density at radius 1 is 1.23 bits per heavy atom. The molecule has 0 saturated carbocycles. The van der Waals surface area contributed by atoms with E-state index in [1.165, 1.54) is 17.7 Å². The lowest BCUT2D eigenvalue weighted by Crippen LogP contribution is -2.33. The first-order chi connectivity index (χ1) is 6.43. The van der Waals surface area contributed by atoms with E-state index >= 15 is 0 Å². The van der Waals surface area contributed by atoms with E-state index in [1.54, 1.807) is 0 Å². The molecule has 2 heterocycles. The number of hydrogen-bond donors (Lipinski definition) is 3. The number of nitrogens with one attached hydrogen (secondary N) is 3. The molecular formula is C10H15N3. The fourth-order valence-corrected chi connectivity index (χ4v) is 2.50. The summed E-state index contributed by atoms with van der Waals surface area (Å²) in [5.74, 6) is 1.48. The third-order valence-electron chi connectivity index (χ3n) is 3.26. The molecule has 3 nitrogen and oxygen atoms in total. The molecule has 13 heavy (non-hydrogen) atoms. The monoisotopic (exact) mass is 177 g/mol. The van der Waals surface area contributed by atoms with Crippen molar-refractivity contribution in [1.82, 2.24) is 16.2 Å². The molecule has 3 N–H and O–H groups in total. The number of fused-ring (bicyclic) bond motifs is 2. The summed E-state index contributed by atoms with van der Waals surface area (Å²) in [6, 6.07) is 0. The lowest BCUT2D eigenvalue weighted by atomic mass is 9.80. The lowest BCUT2D eigenvalue weighted by Gasteiger charge is -2.30. The van der Waals surface area contributed by atoms with Gasteiger partial charge in [0.1, 0.15) is 0 Å². The maximum Gasteiger partial charge on any atom is 0.0309 e. The zero-order chi connectivity index (χ0) is 8.67. The first-order valence-corrected chi connectivity index (χ1v) is 5.05. The molecule has 0 radical (unpaired) electrons. The molecule has 0 spiro atoms. The van der Waals surface area contributed by atoms with Crippen LogP contribution >= 0.6 is 0 Å². The van der Waals surface area contributed by atoms with Crippen LogP contribution in [0.1, 0.15) is 6.42 Å². The van der Waals surface area contributed by atoms with Crippen LogP contribution in [0.3, 0.4) is 0 Å². The van der Waals surface area contributed by atoms with Crippen LogP contribution in [-0.2, 0) is 0 Å². The summed E-state index contributed by atoms with van der Waals surface area (Å²) in [5, 5.41) is 3.42. The van der Waals surface area contributed by atoms with E-state index in [0.717, 1.165) is 31.5 Å². The number of rotatable bonds is 0. The van der Waals surface area contributed by atoms with Gasteiger partial charge in [0.25, 0.3) is 0 Å². The quantitative estimate of drug-likeness (QED) is 0.493. The highest BCUT2D eigenvalue weighted by molar-refractivity contribution is 5.33. The summed E-state index contributed by atoms with van der Waals surface area (Å²) in [4.78, 5) is 0. The van der Waals surface area contributed by atoms with Gasteiger partial charge in [-0.3, -0.25) is 0 Å². The van der Waals surface area contributed by atoms with Gasteiger partial charge in [0.2, 0.25) is 0 Å². The standard InChI is InChI=1S/C10H15N3/c1-2-11-5-8-3-9-6-12-13-10(9)4-7(1)8/h1,4,8-9,11-13H,2-3,5-6H2. The highest BCUT2D eigenvalue weighted by Gasteiger charge is 2.30. The van der Waals surface area contributed by atoms with Crippen molar-refractivity contribution < 1.29 is 0 Å². The fraction of sp³-hybridized carbons (Fsp3) is 0.600. The molecule has 1 fully saturated rings. The zero-order valence-electron chi connectivity index (χ0n) is 7.64. The maximum atomic E-state index is 3.42. The van der Waals surface area contributed by atoms with E-state index in [9.17, 15) is 0 Å². The van der Waals surface area contributed by atoms with Crippen molar-refractivity contribution in [1.29, 1.82) is 0 Å². The van der Waals surface area contributed by atoms with Gasteiger partial charge in [-0.05, 0) is 24.0 Å². The minimum Gasteiger partial charge on any atom is -0.325 e. The molecule has 3 heteroatoms. The predicted octanol–water partition coefficient (Wildman–Crippen LogP) is 0.144. The van der Waals surface area contributed by atoms with E-state index < -0.39 is 0 Å². The Morgan fingerprint density at radius 2 is 2.23 bits per heavy atom. The minimum atomic E-state index is 0.724. The van der Waals surface area contributed by atoms with Gasteiger partial charge >= 0.3 is 0 Å². The van der Waals surface area contributed by atoms with Gasteiger partial charge in [-0.1, -0.05) is 6.08 Å². The lowest BCUT2D eigenvalue weighted by molar-refractivity contribution is 0.425. The first kappa shape index (κ1) is 7.59. The summed E-state index contributed by atoms with van der Waals surface area (Å²) in [6.45, 7) is 3.29. The Labute approximate surface area is 78.2 Å². The number of hydrazine groups is 1. The van der Waals surface area contributed by atoms with Crippen molar-refractivity contribution in [2.24, 2.45) is 11.8 Å². The van der Waals surface area contributed by atoms with Crippen LogP contribution in [0.15, 0.2) is 23.4 Å². The number of hydrogen-bond acceptors (Lipinski definition) is 3. The summed E-state index contributed by atoms with van der Waals surface area (Å²) in [7, 11) is 0. The second kappa shape index (κ2) is 2.86. The highest BCUT2D eigenvalue weighted by atomic mass is 15.4. The van der Waals surface area contributed by atoms with E-state index in [0.29, 0.717) is 0 Å². The van der Waals surface area contributed by atoms with Gasteiger partial charge in [-0.2, -0.15) is 0 Å². The molecule has 1 saturated heterocycles. The SMILES string of the molecule is C1=C2C=C3NNCC3CC2CNC1. The number of allylic oxidation sites excluding steroid dienone is 1. The highest BCUT2D eigenvalue weighted by Crippen LogP contribution is 2.33. The summed E-state index contributed by atoms with van der Waals surface area (Å²) >= 11 is 0. The minimum absolute atomic E-state index is 0.724. The van der Waals surface area contributed by atoms with Gasteiger partial charge in [0.05, 0.1) is 0 Å². The van der Waals surface area contributed by atoms with Crippen molar-refractivity contribution in [3.63, 3.8) is 0 Å². The second-order valence-electron chi connectivity index (χ2n) is 4.10. The molecule has 2 aliphatic heterocycles. The smallest absolute Gasteiger partial charge is 0.0309 e. The van der Waals surface area contributed by atoms with E-state index in [-0.39, 0.29) is 0 Å². The van der Waals surface area contributed by atoms with Crippen LogP contribution in [0, 0.1) is 11.8 Å². The molecule has 1 aliphatic carbocycles. The molecule has 2 unspecified atom stereocenters. The van der Waals surface area contributed by atoms with Crippen LogP contribution in [0.4, 0.5) is 0 Å². The molecule has 70 valence electrons. The molecule has 2 atom stereocenters. The Morgan fingerprint density at radius 3 is 3.23 bits per heavy atom. The van der Waals surface area contributed by atoms with Crippen molar-refractivity contribution in [3.8, 4) is 0 Å². The first-order valence-electron chi connectivity index (χ1n) is 5.05. The predicted molar refractivity (Wildman–Crippen MR) is 51.8 cm³/mol. The van der Waals surface area contributed by atoms with Crippen molar-refractivity contribution in [2.75, 3.05) is 19.6 Å². The van der Waals surface area contributed by atoms with Gasteiger partial charge < -0.3 is 10.7 Å². The molecule has 3 aliphatic rings. The average molecular weight is 177 g/mol. The molecule has 0 bridgehead atoms. The second-order valence-corrected chi connectivity index (χ2v) is 4.10. The van der Waals surface area contributed by atoms with E-state index in [4.69, 9.17) is 0 Å². The Hall–Kier alpha value is -0.800. The summed E-state index contributed by atoms with van der Waals surface area (Å²) in [6.07, 6.45) is 5.95. The Kier molecular flexibility index (Phi) is 1.67. The van der Waals surface area contributed by atoms with Crippen LogP contribution < -0.4 is 16.2 Å². The third-order valence-corrected chi connectivity index (χ3v) is 3.26. The topological polar surface area (TPSA) is 36.1 Å². The molecule has 0 amide bonds.